The lowest BCUT2D eigenvalue weighted by Gasteiger charge is -2.24. The Morgan fingerprint density at radius 1 is 1.00 bits per heavy atom. The van der Waals surface area contributed by atoms with E-state index in [0.717, 1.165) is 32.0 Å². The highest BCUT2D eigenvalue weighted by Gasteiger charge is 2.26. The molecule has 2 aromatic rings. The fourth-order valence-electron chi connectivity index (χ4n) is 2.98. The molecule has 0 aromatic heterocycles. The van der Waals surface area contributed by atoms with E-state index in [0.29, 0.717) is 12.2 Å². The Morgan fingerprint density at radius 2 is 1.52 bits per heavy atom. The van der Waals surface area contributed by atoms with Crippen molar-refractivity contribution in [3.63, 3.8) is 0 Å². The Kier molecular flexibility index (Phi) is 9.60. The SMILES string of the molecule is COC(=O)C(Cc1cc(I)c(Oc2cc(I)c(O)c(I)c2)c(I)c1)CC(C)(C)C. The van der Waals surface area contributed by atoms with E-state index in [1.807, 2.05) is 12.1 Å². The van der Waals surface area contributed by atoms with Crippen molar-refractivity contribution in [2.24, 2.45) is 11.3 Å². The van der Waals surface area contributed by atoms with Gasteiger partial charge in [0.05, 0.1) is 27.3 Å². The van der Waals surface area contributed by atoms with E-state index in [2.05, 4.69) is 123 Å². The number of phenols is 1. The van der Waals surface area contributed by atoms with Crippen LogP contribution in [-0.4, -0.2) is 18.2 Å². The Labute approximate surface area is 226 Å². The molecule has 1 atom stereocenters. The van der Waals surface area contributed by atoms with Crippen LogP contribution < -0.4 is 4.74 Å². The van der Waals surface area contributed by atoms with E-state index in [4.69, 9.17) is 9.47 Å². The van der Waals surface area contributed by atoms with Crippen molar-refractivity contribution in [1.82, 2.24) is 0 Å². The summed E-state index contributed by atoms with van der Waals surface area (Å²) in [5.41, 5.74) is 1.12. The van der Waals surface area contributed by atoms with Gasteiger partial charge in [-0.15, -0.1) is 0 Å². The van der Waals surface area contributed by atoms with Gasteiger partial charge in [0.25, 0.3) is 0 Å². The summed E-state index contributed by atoms with van der Waals surface area (Å²) >= 11 is 8.71. The Morgan fingerprint density at radius 3 is 1.97 bits per heavy atom. The number of aromatic hydroxyl groups is 1. The maximum atomic E-state index is 12.3. The van der Waals surface area contributed by atoms with Gasteiger partial charge < -0.3 is 14.6 Å². The Hall–Kier alpha value is 0.430. The van der Waals surface area contributed by atoms with Crippen LogP contribution in [0.25, 0.3) is 0 Å². The molecule has 0 saturated heterocycles. The second kappa shape index (κ2) is 10.8. The number of hydrogen-bond acceptors (Lipinski definition) is 4. The van der Waals surface area contributed by atoms with Crippen LogP contribution in [-0.2, 0) is 16.0 Å². The highest BCUT2D eigenvalue weighted by Crippen LogP contribution is 2.37. The molecule has 29 heavy (non-hydrogen) atoms. The van der Waals surface area contributed by atoms with Crippen molar-refractivity contribution >= 4 is 96.3 Å². The number of carbonyl (C=O) groups excluding carboxylic acids is 1. The molecule has 2 rings (SSSR count). The van der Waals surface area contributed by atoms with Crippen LogP contribution in [0.1, 0.15) is 32.8 Å². The van der Waals surface area contributed by atoms with Crippen LogP contribution in [0.3, 0.4) is 0 Å². The molecular formula is C21H22I4O4. The molecule has 0 saturated carbocycles. The van der Waals surface area contributed by atoms with Crippen molar-refractivity contribution in [2.45, 2.75) is 33.6 Å². The fraction of sp³-hybridized carbons (Fsp3) is 0.381. The summed E-state index contributed by atoms with van der Waals surface area (Å²) in [6, 6.07) is 7.75. The van der Waals surface area contributed by atoms with E-state index in [9.17, 15) is 9.90 Å². The first-order valence-corrected chi connectivity index (χ1v) is 13.1. The smallest absolute Gasteiger partial charge is 0.309 e. The highest BCUT2D eigenvalue weighted by atomic mass is 127. The summed E-state index contributed by atoms with van der Waals surface area (Å²) in [5.74, 6) is 1.38. The molecule has 0 amide bonds. The van der Waals surface area contributed by atoms with Gasteiger partial charge in [0.15, 0.2) is 5.75 Å². The zero-order valence-corrected chi connectivity index (χ0v) is 25.1. The van der Waals surface area contributed by atoms with Gasteiger partial charge >= 0.3 is 5.97 Å². The van der Waals surface area contributed by atoms with Gasteiger partial charge in [-0.3, -0.25) is 4.79 Å². The monoisotopic (exact) mass is 846 g/mol. The number of rotatable bonds is 6. The number of benzene rings is 2. The van der Waals surface area contributed by atoms with Gasteiger partial charge in [-0.2, -0.15) is 0 Å². The maximum Gasteiger partial charge on any atom is 0.309 e. The lowest BCUT2D eigenvalue weighted by Crippen LogP contribution is -2.24. The average molecular weight is 846 g/mol. The average Bonchev–Trinajstić information content (AvgIpc) is 2.60. The predicted molar refractivity (Wildman–Crippen MR) is 149 cm³/mol. The molecule has 0 aliphatic rings. The number of hydrogen-bond donors (Lipinski definition) is 1. The van der Waals surface area contributed by atoms with Crippen LogP contribution in [0.15, 0.2) is 24.3 Å². The maximum absolute atomic E-state index is 12.3. The van der Waals surface area contributed by atoms with E-state index >= 15 is 0 Å². The number of phenolic OH excluding ortho intramolecular Hbond substituents is 1. The molecule has 1 N–H and O–H groups in total. The zero-order valence-electron chi connectivity index (χ0n) is 16.5. The van der Waals surface area contributed by atoms with Gasteiger partial charge in [-0.05, 0) is 138 Å². The van der Waals surface area contributed by atoms with Crippen LogP contribution >= 0.6 is 90.4 Å². The third kappa shape index (κ3) is 7.51. The highest BCUT2D eigenvalue weighted by molar-refractivity contribution is 14.1. The first-order chi connectivity index (χ1) is 13.4. The number of methoxy groups -OCH3 is 1. The topological polar surface area (TPSA) is 55.8 Å². The number of carbonyl (C=O) groups is 1. The van der Waals surface area contributed by atoms with Gasteiger partial charge in [0.1, 0.15) is 11.5 Å². The van der Waals surface area contributed by atoms with Gasteiger partial charge in [-0.1, -0.05) is 20.8 Å². The quantitative estimate of drug-likeness (QED) is 0.244. The standard InChI is InChI=1S/C21H22I4O4/c1-21(2,3)10-12(20(27)28-4)5-11-6-16(24)19(17(25)7-11)29-13-8-14(22)18(26)15(23)9-13/h6-9,12,26H,5,10H2,1-4H3. The molecule has 2 aromatic carbocycles. The van der Waals surface area contributed by atoms with E-state index < -0.39 is 0 Å². The fourth-order valence-corrected chi connectivity index (χ4v) is 6.80. The first-order valence-electron chi connectivity index (χ1n) is 8.83. The number of ether oxygens (including phenoxy) is 2. The Bertz CT molecular complexity index is 860. The van der Waals surface area contributed by atoms with Crippen LogP contribution in [0, 0.1) is 25.6 Å². The summed E-state index contributed by atoms with van der Waals surface area (Å²) in [6.45, 7) is 6.40. The molecule has 0 aliphatic heterocycles. The molecule has 8 heteroatoms. The van der Waals surface area contributed by atoms with Gasteiger partial charge in [0, 0.05) is 0 Å². The van der Waals surface area contributed by atoms with Crippen molar-refractivity contribution in [3.8, 4) is 17.2 Å². The van der Waals surface area contributed by atoms with E-state index in [-0.39, 0.29) is 23.1 Å². The molecule has 0 heterocycles. The Balaban J connectivity index is 2.29. The van der Waals surface area contributed by atoms with Crippen LogP contribution in [0.2, 0.25) is 0 Å². The van der Waals surface area contributed by atoms with Crippen molar-refractivity contribution < 1.29 is 19.4 Å². The largest absolute Gasteiger partial charge is 0.506 e. The van der Waals surface area contributed by atoms with Crippen LogP contribution in [0.5, 0.6) is 17.2 Å². The van der Waals surface area contributed by atoms with E-state index in [1.54, 1.807) is 0 Å². The summed E-state index contributed by atoms with van der Waals surface area (Å²) in [4.78, 5) is 12.3. The van der Waals surface area contributed by atoms with Crippen molar-refractivity contribution in [2.75, 3.05) is 7.11 Å². The third-order valence-electron chi connectivity index (χ3n) is 4.14. The van der Waals surface area contributed by atoms with Crippen LogP contribution in [0.4, 0.5) is 0 Å². The lowest BCUT2D eigenvalue weighted by atomic mass is 9.82. The molecule has 0 radical (unpaired) electrons. The summed E-state index contributed by atoms with van der Waals surface area (Å²) in [5, 5.41) is 9.96. The molecule has 1 unspecified atom stereocenters. The van der Waals surface area contributed by atoms with Gasteiger partial charge in [0.2, 0.25) is 0 Å². The minimum atomic E-state index is -0.182. The third-order valence-corrected chi connectivity index (χ3v) is 7.39. The molecule has 4 nitrogen and oxygen atoms in total. The molecule has 0 fully saturated rings. The van der Waals surface area contributed by atoms with Gasteiger partial charge in [-0.25, -0.2) is 0 Å². The van der Waals surface area contributed by atoms with E-state index in [1.165, 1.54) is 7.11 Å². The zero-order chi connectivity index (χ0) is 21.9. The molecular weight excluding hydrogens is 824 g/mol. The minimum Gasteiger partial charge on any atom is -0.506 e. The minimum absolute atomic E-state index is 0.0371. The predicted octanol–water partition coefficient (Wildman–Crippen LogP) is 7.37. The number of esters is 1. The summed E-state index contributed by atoms with van der Waals surface area (Å²) in [7, 11) is 1.45. The van der Waals surface area contributed by atoms with Crippen molar-refractivity contribution in [3.05, 3.63) is 44.1 Å². The second-order valence-corrected chi connectivity index (χ2v) is 12.6. The second-order valence-electron chi connectivity index (χ2n) is 7.92. The molecule has 158 valence electrons. The first kappa shape index (κ1) is 25.7. The summed E-state index contributed by atoms with van der Waals surface area (Å²) < 4.78 is 14.6. The molecule has 0 spiro atoms. The normalized spacial score (nSPS) is 12.6. The molecule has 0 bridgehead atoms. The lowest BCUT2D eigenvalue weighted by molar-refractivity contribution is -0.146. The van der Waals surface area contributed by atoms with Crippen molar-refractivity contribution in [1.29, 1.82) is 0 Å². The molecule has 0 aliphatic carbocycles. The summed E-state index contributed by atoms with van der Waals surface area (Å²) in [6.07, 6.45) is 1.39. The number of halogens is 4.